The standard InChI is InChI=1S/C11H11NO9S3/c1-12-8-2-3-9(23(16,17)18)7-4-6(22(13,14)15)5-10(11(7)8)24(19,20)21/h2-5,12H,1H3,(H,13,14,15)(H,16,17,18)(H,19,20,21). The van der Waals surface area contributed by atoms with Gasteiger partial charge >= 0.3 is 0 Å². The van der Waals surface area contributed by atoms with Crippen LogP contribution in [-0.4, -0.2) is 46.0 Å². The molecule has 0 atom stereocenters. The van der Waals surface area contributed by atoms with Crippen LogP contribution in [0.5, 0.6) is 0 Å². The first-order valence-electron chi connectivity index (χ1n) is 5.98. The molecule has 0 saturated carbocycles. The van der Waals surface area contributed by atoms with E-state index in [1.165, 1.54) is 7.05 Å². The van der Waals surface area contributed by atoms with Gasteiger partial charge in [-0.2, -0.15) is 25.3 Å². The zero-order valence-electron chi connectivity index (χ0n) is 11.8. The third kappa shape index (κ3) is 3.35. The lowest BCUT2D eigenvalue weighted by molar-refractivity contribution is 0.478. The molecular weight excluding hydrogens is 386 g/mol. The Morgan fingerprint density at radius 3 is 1.75 bits per heavy atom. The zero-order valence-corrected chi connectivity index (χ0v) is 14.3. The molecule has 4 N–H and O–H groups in total. The fraction of sp³-hybridized carbons (Fsp3) is 0.0909. The molecule has 24 heavy (non-hydrogen) atoms. The van der Waals surface area contributed by atoms with E-state index in [9.17, 15) is 34.4 Å². The molecule has 0 saturated heterocycles. The first-order chi connectivity index (χ1) is 10.8. The molecule has 0 aliphatic carbocycles. The Hall–Kier alpha value is -1.77. The van der Waals surface area contributed by atoms with E-state index in [0.717, 1.165) is 12.1 Å². The molecule has 10 nitrogen and oxygen atoms in total. The van der Waals surface area contributed by atoms with Crippen molar-refractivity contribution in [3.05, 3.63) is 24.3 Å². The van der Waals surface area contributed by atoms with Crippen molar-refractivity contribution in [3.8, 4) is 0 Å². The summed E-state index contributed by atoms with van der Waals surface area (Å²) in [5.74, 6) is 0. The summed E-state index contributed by atoms with van der Waals surface area (Å²) in [7, 11) is -13.4. The predicted octanol–water partition coefficient (Wildman–Crippen LogP) is 0.622. The molecule has 0 fully saturated rings. The second-order valence-corrected chi connectivity index (χ2v) is 8.83. The normalized spacial score (nSPS) is 13.2. The van der Waals surface area contributed by atoms with Gasteiger partial charge in [0.05, 0.1) is 4.90 Å². The fourth-order valence-electron chi connectivity index (χ4n) is 2.18. The van der Waals surface area contributed by atoms with Crippen LogP contribution in [0.3, 0.4) is 0 Å². The maximum atomic E-state index is 11.6. The summed E-state index contributed by atoms with van der Waals surface area (Å²) in [6, 6.07) is 3.17. The highest BCUT2D eigenvalue weighted by atomic mass is 32.2. The van der Waals surface area contributed by atoms with Gasteiger partial charge in [0.15, 0.2) is 0 Å². The first kappa shape index (κ1) is 18.6. The number of benzene rings is 2. The Morgan fingerprint density at radius 1 is 0.792 bits per heavy atom. The van der Waals surface area contributed by atoms with Crippen molar-refractivity contribution in [1.29, 1.82) is 0 Å². The molecule has 0 spiro atoms. The molecule has 0 amide bonds. The number of fused-ring (bicyclic) bond motifs is 1. The Balaban J connectivity index is 3.26. The van der Waals surface area contributed by atoms with E-state index in [4.69, 9.17) is 4.55 Å². The lowest BCUT2D eigenvalue weighted by atomic mass is 10.1. The Kier molecular flexibility index (Phi) is 4.37. The molecule has 0 unspecified atom stereocenters. The topological polar surface area (TPSA) is 175 Å². The van der Waals surface area contributed by atoms with Gasteiger partial charge in [-0.05, 0) is 24.3 Å². The second-order valence-electron chi connectivity index (χ2n) is 4.63. The van der Waals surface area contributed by atoms with Crippen LogP contribution in [0.2, 0.25) is 0 Å². The minimum Gasteiger partial charge on any atom is -0.388 e. The molecule has 0 bridgehead atoms. The van der Waals surface area contributed by atoms with E-state index in [-0.39, 0.29) is 11.1 Å². The molecule has 2 aromatic rings. The summed E-state index contributed by atoms with van der Waals surface area (Å²) >= 11 is 0. The van der Waals surface area contributed by atoms with Gasteiger partial charge in [-0.15, -0.1) is 0 Å². The van der Waals surface area contributed by atoms with E-state index in [0.29, 0.717) is 12.1 Å². The number of rotatable bonds is 4. The quantitative estimate of drug-likeness (QED) is 0.535. The highest BCUT2D eigenvalue weighted by molar-refractivity contribution is 7.87. The van der Waals surface area contributed by atoms with E-state index in [1.54, 1.807) is 0 Å². The Labute approximate surface area is 137 Å². The number of nitrogens with one attached hydrogen (secondary N) is 1. The number of anilines is 1. The van der Waals surface area contributed by atoms with Crippen LogP contribution < -0.4 is 5.32 Å². The predicted molar refractivity (Wildman–Crippen MR) is 82.9 cm³/mol. The van der Waals surface area contributed by atoms with Gasteiger partial charge < -0.3 is 5.32 Å². The Bertz CT molecular complexity index is 1150. The monoisotopic (exact) mass is 397 g/mol. The van der Waals surface area contributed by atoms with Crippen molar-refractivity contribution in [2.75, 3.05) is 12.4 Å². The van der Waals surface area contributed by atoms with Crippen LogP contribution in [-0.2, 0) is 30.4 Å². The third-order valence-electron chi connectivity index (χ3n) is 3.13. The SMILES string of the molecule is CNc1ccc(S(=O)(=O)O)c2cc(S(=O)(=O)O)cc(S(=O)(=O)O)c12. The number of hydrogen-bond acceptors (Lipinski definition) is 7. The van der Waals surface area contributed by atoms with Crippen molar-refractivity contribution in [3.63, 3.8) is 0 Å². The van der Waals surface area contributed by atoms with Crippen LogP contribution >= 0.6 is 0 Å². The summed E-state index contributed by atoms with van der Waals surface area (Å²) in [6.45, 7) is 0. The van der Waals surface area contributed by atoms with Gasteiger partial charge in [0.1, 0.15) is 9.79 Å². The van der Waals surface area contributed by atoms with Gasteiger partial charge in [-0.3, -0.25) is 13.7 Å². The molecule has 2 aromatic carbocycles. The van der Waals surface area contributed by atoms with E-state index < -0.39 is 50.4 Å². The smallest absolute Gasteiger partial charge is 0.295 e. The van der Waals surface area contributed by atoms with E-state index >= 15 is 0 Å². The van der Waals surface area contributed by atoms with Gasteiger partial charge in [0, 0.05) is 23.5 Å². The molecule has 0 aliphatic rings. The van der Waals surface area contributed by atoms with Crippen LogP contribution in [0.15, 0.2) is 39.0 Å². The molecule has 0 heterocycles. The summed E-state index contributed by atoms with van der Waals surface area (Å²) in [5, 5.41) is 1.66. The van der Waals surface area contributed by atoms with Gasteiger partial charge in [-0.25, -0.2) is 0 Å². The van der Waals surface area contributed by atoms with Crippen molar-refractivity contribution in [2.45, 2.75) is 14.7 Å². The maximum Gasteiger partial charge on any atom is 0.295 e. The largest absolute Gasteiger partial charge is 0.388 e. The summed E-state index contributed by atoms with van der Waals surface area (Å²) in [5.41, 5.74) is 0.0342. The highest BCUT2D eigenvalue weighted by Crippen LogP contribution is 2.36. The van der Waals surface area contributed by atoms with Gasteiger partial charge in [0.2, 0.25) is 0 Å². The van der Waals surface area contributed by atoms with E-state index in [1.807, 2.05) is 0 Å². The lowest BCUT2D eigenvalue weighted by Gasteiger charge is -2.13. The van der Waals surface area contributed by atoms with Crippen LogP contribution in [0.25, 0.3) is 10.8 Å². The highest BCUT2D eigenvalue weighted by Gasteiger charge is 2.26. The molecule has 0 radical (unpaired) electrons. The average molecular weight is 397 g/mol. The van der Waals surface area contributed by atoms with Crippen LogP contribution in [0.4, 0.5) is 5.69 Å². The van der Waals surface area contributed by atoms with Gasteiger partial charge in [0.25, 0.3) is 30.4 Å². The number of hydrogen-bond donors (Lipinski definition) is 4. The van der Waals surface area contributed by atoms with Crippen molar-refractivity contribution >= 4 is 46.8 Å². The molecular formula is C11H11NO9S3. The molecule has 0 aromatic heterocycles. The van der Waals surface area contributed by atoms with Crippen LogP contribution in [0, 0.1) is 0 Å². The van der Waals surface area contributed by atoms with Crippen molar-refractivity contribution in [2.24, 2.45) is 0 Å². The average Bonchev–Trinajstić information content (AvgIpc) is 2.41. The maximum absolute atomic E-state index is 11.6. The van der Waals surface area contributed by atoms with Gasteiger partial charge in [-0.1, -0.05) is 0 Å². The third-order valence-corrected chi connectivity index (χ3v) is 5.76. The molecule has 132 valence electrons. The van der Waals surface area contributed by atoms with E-state index in [2.05, 4.69) is 5.32 Å². The molecule has 13 heteroatoms. The van der Waals surface area contributed by atoms with Crippen molar-refractivity contribution < 1.29 is 38.9 Å². The summed E-state index contributed by atoms with van der Waals surface area (Å²) in [4.78, 5) is -2.73. The minimum atomic E-state index is -5.00. The Morgan fingerprint density at radius 2 is 1.33 bits per heavy atom. The summed E-state index contributed by atoms with van der Waals surface area (Å²) in [6.07, 6.45) is 0. The second kappa shape index (κ2) is 5.65. The van der Waals surface area contributed by atoms with Crippen LogP contribution in [0.1, 0.15) is 0 Å². The van der Waals surface area contributed by atoms with Crippen molar-refractivity contribution in [1.82, 2.24) is 0 Å². The summed E-state index contributed by atoms with van der Waals surface area (Å²) < 4.78 is 96.5. The molecule has 0 aliphatic heterocycles. The first-order valence-corrected chi connectivity index (χ1v) is 10.3. The minimum absolute atomic E-state index is 0.0342. The zero-order chi connectivity index (χ0) is 18.5. The lowest BCUT2D eigenvalue weighted by Crippen LogP contribution is -2.08. The molecule has 2 rings (SSSR count). The fourth-order valence-corrected chi connectivity index (χ4v) is 4.22.